The number of hydrogen-bond donors (Lipinski definition) is 1. The maximum Gasteiger partial charge on any atom is 0.148 e. The van der Waals surface area contributed by atoms with Gasteiger partial charge in [-0.15, -0.1) is 0 Å². The molecule has 3 nitrogen and oxygen atoms in total. The summed E-state index contributed by atoms with van der Waals surface area (Å²) in [7, 11) is 0. The van der Waals surface area contributed by atoms with Gasteiger partial charge in [-0.2, -0.15) is 0 Å². The molecule has 0 aliphatic rings. The van der Waals surface area contributed by atoms with Gasteiger partial charge in [-0.25, -0.2) is 4.98 Å². The van der Waals surface area contributed by atoms with Gasteiger partial charge in [-0.05, 0) is 56.1 Å². The first kappa shape index (κ1) is 15.1. The molecule has 0 unspecified atom stereocenters. The Morgan fingerprint density at radius 2 is 1.79 bits per heavy atom. The quantitative estimate of drug-likeness (QED) is 0.671. The molecule has 2 rings (SSSR count). The fraction of sp³-hybridized carbons (Fsp3) is 0.0833. The van der Waals surface area contributed by atoms with Gasteiger partial charge in [-0.3, -0.25) is 0 Å². The van der Waals surface area contributed by atoms with Crippen molar-refractivity contribution in [2.24, 2.45) is 0 Å². The average Bonchev–Trinajstić information content (AvgIpc) is 2.32. The number of ether oxygens (including phenoxy) is 1. The van der Waals surface area contributed by atoms with E-state index in [0.29, 0.717) is 22.3 Å². The SMILES string of the molecule is Nc1ccc(Cl)c(COc2c(Br)cc(Br)cc2Br)n1. The zero-order valence-corrected chi connectivity index (χ0v) is 15.0. The Bertz CT molecular complexity index is 599. The van der Waals surface area contributed by atoms with Gasteiger partial charge in [0, 0.05) is 4.47 Å². The molecule has 0 saturated carbocycles. The lowest BCUT2D eigenvalue weighted by atomic mass is 10.3. The topological polar surface area (TPSA) is 48.1 Å². The minimum absolute atomic E-state index is 0.239. The molecule has 7 heteroatoms. The highest BCUT2D eigenvalue weighted by atomic mass is 79.9. The van der Waals surface area contributed by atoms with Gasteiger partial charge in [0.15, 0.2) is 0 Å². The molecule has 0 aliphatic heterocycles. The van der Waals surface area contributed by atoms with Crippen LogP contribution in [0.1, 0.15) is 5.69 Å². The van der Waals surface area contributed by atoms with Gasteiger partial charge in [0.25, 0.3) is 0 Å². The molecular formula is C12H8Br3ClN2O. The molecule has 2 N–H and O–H groups in total. The molecule has 19 heavy (non-hydrogen) atoms. The van der Waals surface area contributed by atoms with E-state index in [9.17, 15) is 0 Å². The van der Waals surface area contributed by atoms with Crippen LogP contribution in [0.2, 0.25) is 5.02 Å². The third-order valence-electron chi connectivity index (χ3n) is 2.26. The van der Waals surface area contributed by atoms with Crippen LogP contribution in [-0.4, -0.2) is 4.98 Å². The second kappa shape index (κ2) is 6.43. The lowest BCUT2D eigenvalue weighted by Crippen LogP contribution is -2.02. The summed E-state index contributed by atoms with van der Waals surface area (Å²) in [5.41, 5.74) is 6.23. The first-order chi connectivity index (χ1) is 8.97. The number of nitrogens with two attached hydrogens (primary N) is 1. The highest BCUT2D eigenvalue weighted by Gasteiger charge is 2.10. The zero-order valence-electron chi connectivity index (χ0n) is 9.46. The third-order valence-corrected chi connectivity index (χ3v) is 4.24. The standard InChI is InChI=1S/C12H8Br3ClN2O/c13-6-3-7(14)12(8(15)4-6)19-5-10-9(16)1-2-11(17)18-10/h1-4H,5H2,(H2,17,18). The monoisotopic (exact) mass is 468 g/mol. The number of pyridine rings is 1. The molecule has 1 heterocycles. The van der Waals surface area contributed by atoms with E-state index in [0.717, 1.165) is 13.4 Å². The summed E-state index contributed by atoms with van der Waals surface area (Å²) in [6.45, 7) is 0.239. The molecule has 100 valence electrons. The number of rotatable bonds is 3. The fourth-order valence-corrected chi connectivity index (χ4v) is 4.06. The van der Waals surface area contributed by atoms with Gasteiger partial charge in [-0.1, -0.05) is 27.5 Å². The molecular weight excluding hydrogens is 463 g/mol. The molecule has 2 aromatic rings. The van der Waals surface area contributed by atoms with E-state index in [-0.39, 0.29) is 6.61 Å². The molecule has 0 atom stereocenters. The summed E-state index contributed by atoms with van der Waals surface area (Å²) in [4.78, 5) is 4.15. The third kappa shape index (κ3) is 3.84. The van der Waals surface area contributed by atoms with Crippen molar-refractivity contribution in [3.05, 3.63) is 48.4 Å². The van der Waals surface area contributed by atoms with E-state index in [1.807, 2.05) is 12.1 Å². The van der Waals surface area contributed by atoms with Crippen LogP contribution in [0.4, 0.5) is 5.82 Å². The Balaban J connectivity index is 2.21. The summed E-state index contributed by atoms with van der Waals surface area (Å²) in [5.74, 6) is 1.10. The first-order valence-corrected chi connectivity index (χ1v) is 7.91. The van der Waals surface area contributed by atoms with Crippen molar-refractivity contribution in [2.75, 3.05) is 5.73 Å². The van der Waals surface area contributed by atoms with Crippen LogP contribution in [0.25, 0.3) is 0 Å². The Morgan fingerprint density at radius 3 is 2.42 bits per heavy atom. The Hall–Kier alpha value is -0.300. The Kier molecular flexibility index (Phi) is 5.11. The van der Waals surface area contributed by atoms with Gasteiger partial charge in [0.1, 0.15) is 18.2 Å². The number of halogens is 4. The summed E-state index contributed by atoms with van der Waals surface area (Å²) < 4.78 is 8.33. The molecule has 0 amide bonds. The summed E-state index contributed by atoms with van der Waals surface area (Å²) in [5, 5.41) is 0.526. The molecule has 0 spiro atoms. The van der Waals surface area contributed by atoms with Crippen LogP contribution in [0.5, 0.6) is 5.75 Å². The van der Waals surface area contributed by atoms with E-state index in [4.69, 9.17) is 22.1 Å². The van der Waals surface area contributed by atoms with Crippen molar-refractivity contribution in [3.8, 4) is 5.75 Å². The summed E-state index contributed by atoms with van der Waals surface area (Å²) in [6, 6.07) is 7.15. The van der Waals surface area contributed by atoms with Gasteiger partial charge < -0.3 is 10.5 Å². The van der Waals surface area contributed by atoms with Crippen molar-refractivity contribution in [1.29, 1.82) is 0 Å². The number of benzene rings is 1. The predicted octanol–water partition coefficient (Wildman–Crippen LogP) is 5.18. The van der Waals surface area contributed by atoms with Crippen LogP contribution in [-0.2, 0) is 6.61 Å². The molecule has 0 bridgehead atoms. The zero-order chi connectivity index (χ0) is 14.0. The van der Waals surface area contributed by atoms with Crippen molar-refractivity contribution in [2.45, 2.75) is 6.61 Å². The highest BCUT2D eigenvalue weighted by molar-refractivity contribution is 9.11. The van der Waals surface area contributed by atoms with E-state index >= 15 is 0 Å². The second-order valence-electron chi connectivity index (χ2n) is 3.65. The predicted molar refractivity (Wildman–Crippen MR) is 87.5 cm³/mol. The lowest BCUT2D eigenvalue weighted by Gasteiger charge is -2.11. The first-order valence-electron chi connectivity index (χ1n) is 5.15. The lowest BCUT2D eigenvalue weighted by molar-refractivity contribution is 0.297. The smallest absolute Gasteiger partial charge is 0.148 e. The van der Waals surface area contributed by atoms with Gasteiger partial charge in [0.05, 0.1) is 19.7 Å². The normalized spacial score (nSPS) is 10.5. The van der Waals surface area contributed by atoms with Crippen molar-refractivity contribution in [1.82, 2.24) is 4.98 Å². The Labute approximate surface area is 140 Å². The second-order valence-corrected chi connectivity index (χ2v) is 6.68. The van der Waals surface area contributed by atoms with E-state index < -0.39 is 0 Å². The molecule has 0 aliphatic carbocycles. The number of anilines is 1. The maximum atomic E-state index is 6.04. The van der Waals surface area contributed by atoms with E-state index in [1.165, 1.54) is 0 Å². The van der Waals surface area contributed by atoms with Crippen molar-refractivity contribution in [3.63, 3.8) is 0 Å². The van der Waals surface area contributed by atoms with Crippen LogP contribution < -0.4 is 10.5 Å². The molecule has 1 aromatic heterocycles. The van der Waals surface area contributed by atoms with Crippen molar-refractivity contribution >= 4 is 65.2 Å². The van der Waals surface area contributed by atoms with E-state index in [1.54, 1.807) is 12.1 Å². The number of aromatic nitrogens is 1. The van der Waals surface area contributed by atoms with Gasteiger partial charge >= 0.3 is 0 Å². The van der Waals surface area contributed by atoms with Crippen LogP contribution in [0.15, 0.2) is 37.7 Å². The summed E-state index contributed by atoms with van der Waals surface area (Å²) in [6.07, 6.45) is 0. The number of nitrogens with zero attached hydrogens (tertiary/aromatic N) is 1. The minimum atomic E-state index is 0.239. The van der Waals surface area contributed by atoms with Crippen LogP contribution in [0.3, 0.4) is 0 Å². The largest absolute Gasteiger partial charge is 0.485 e. The molecule has 0 saturated heterocycles. The number of nitrogen functional groups attached to an aromatic ring is 1. The summed E-state index contributed by atoms with van der Waals surface area (Å²) >= 11 is 16.3. The van der Waals surface area contributed by atoms with E-state index in [2.05, 4.69) is 52.8 Å². The van der Waals surface area contributed by atoms with Crippen molar-refractivity contribution < 1.29 is 4.74 Å². The Morgan fingerprint density at radius 1 is 1.16 bits per heavy atom. The van der Waals surface area contributed by atoms with Crippen LogP contribution in [0, 0.1) is 0 Å². The fourth-order valence-electron chi connectivity index (χ4n) is 1.41. The molecule has 0 radical (unpaired) electrons. The number of hydrogen-bond acceptors (Lipinski definition) is 3. The van der Waals surface area contributed by atoms with Crippen LogP contribution >= 0.6 is 59.4 Å². The molecule has 1 aromatic carbocycles. The average molecular weight is 471 g/mol. The minimum Gasteiger partial charge on any atom is -0.485 e. The molecule has 0 fully saturated rings. The maximum absolute atomic E-state index is 6.04. The van der Waals surface area contributed by atoms with Gasteiger partial charge in [0.2, 0.25) is 0 Å². The highest BCUT2D eigenvalue weighted by Crippen LogP contribution is 2.37.